The van der Waals surface area contributed by atoms with Crippen LogP contribution < -0.4 is 5.32 Å². The maximum atomic E-state index is 10.8. The molecule has 0 atom stereocenters. The second-order valence-corrected chi connectivity index (χ2v) is 5.19. The summed E-state index contributed by atoms with van der Waals surface area (Å²) in [5.74, 6) is 0.332. The van der Waals surface area contributed by atoms with E-state index in [1.54, 1.807) is 0 Å². The zero-order valence-electron chi connectivity index (χ0n) is 13.9. The molecule has 3 nitrogen and oxygen atoms in total. The van der Waals surface area contributed by atoms with Crippen molar-refractivity contribution in [3.8, 4) is 0 Å². The lowest BCUT2D eigenvalue weighted by molar-refractivity contribution is -0.118. The first-order chi connectivity index (χ1) is 9.72. The Hall–Kier alpha value is -0.860. The Morgan fingerprint density at radius 2 is 1.40 bits per heavy atom. The summed E-state index contributed by atoms with van der Waals surface area (Å²) in [5.41, 5.74) is 0. The van der Waals surface area contributed by atoms with Crippen molar-refractivity contribution >= 4 is 12.2 Å². The van der Waals surface area contributed by atoms with Crippen LogP contribution in [0.25, 0.3) is 0 Å². The van der Waals surface area contributed by atoms with E-state index in [1.807, 2.05) is 6.92 Å². The fourth-order valence-corrected chi connectivity index (χ4v) is 1.82. The topological polar surface area (TPSA) is 46.2 Å². The molecule has 3 heteroatoms. The highest BCUT2D eigenvalue weighted by Gasteiger charge is 1.96. The van der Waals surface area contributed by atoms with Gasteiger partial charge in [-0.2, -0.15) is 0 Å². The summed E-state index contributed by atoms with van der Waals surface area (Å²) in [6.45, 7) is 7.12. The largest absolute Gasteiger partial charge is 0.359 e. The number of Topliss-reactive ketones (excluding diaryl/α,β-unsaturated/α-hetero) is 1. The van der Waals surface area contributed by atoms with Crippen LogP contribution in [0.2, 0.25) is 0 Å². The van der Waals surface area contributed by atoms with Gasteiger partial charge in [0.15, 0.2) is 0 Å². The van der Waals surface area contributed by atoms with Gasteiger partial charge in [-0.25, -0.2) is 0 Å². The average Bonchev–Trinajstić information content (AvgIpc) is 2.47. The average molecular weight is 285 g/mol. The van der Waals surface area contributed by atoms with E-state index >= 15 is 0 Å². The molecule has 0 aromatic carbocycles. The van der Waals surface area contributed by atoms with Gasteiger partial charge in [0, 0.05) is 19.4 Å². The van der Waals surface area contributed by atoms with Crippen molar-refractivity contribution in [2.45, 2.75) is 91.4 Å². The van der Waals surface area contributed by atoms with Crippen molar-refractivity contribution < 1.29 is 9.59 Å². The Bertz CT molecular complexity index is 199. The quantitative estimate of drug-likeness (QED) is 0.396. The van der Waals surface area contributed by atoms with E-state index in [9.17, 15) is 9.59 Å². The van der Waals surface area contributed by atoms with Gasteiger partial charge in [0.1, 0.15) is 5.78 Å². The van der Waals surface area contributed by atoms with Crippen LogP contribution in [-0.4, -0.2) is 18.7 Å². The van der Waals surface area contributed by atoms with Crippen LogP contribution in [0.4, 0.5) is 0 Å². The van der Waals surface area contributed by atoms with E-state index in [-0.39, 0.29) is 0 Å². The second kappa shape index (κ2) is 20.5. The normalized spacial score (nSPS) is 9.55. The Morgan fingerprint density at radius 1 is 0.850 bits per heavy atom. The number of amides is 1. The number of rotatable bonds is 13. The molecule has 0 heterocycles. The molecule has 120 valence electrons. The minimum absolute atomic E-state index is 0.332. The molecule has 1 amide bonds. The number of carbonyl (C=O) groups is 2. The molecule has 0 rings (SSSR count). The summed E-state index contributed by atoms with van der Waals surface area (Å²) in [6.07, 6.45) is 13.5. The van der Waals surface area contributed by atoms with Gasteiger partial charge in [0.2, 0.25) is 6.41 Å². The van der Waals surface area contributed by atoms with Gasteiger partial charge in [-0.3, -0.25) is 9.59 Å². The summed E-state index contributed by atoms with van der Waals surface area (Å²) >= 11 is 0. The fourth-order valence-electron chi connectivity index (χ4n) is 1.82. The molecule has 0 aromatic rings. The standard InChI is InChI=1S/C9H17NO2.C8H18/c1-2-9(12)6-4-3-5-7-10-8-11;1-3-5-7-8-6-4-2/h8H,2-7H2,1H3,(H,10,11);3-8H2,1-2H3. The number of carbonyl (C=O) groups excluding carboxylic acids is 2. The maximum absolute atomic E-state index is 10.8. The predicted molar refractivity (Wildman–Crippen MR) is 86.9 cm³/mol. The number of hydrogen-bond acceptors (Lipinski definition) is 2. The summed E-state index contributed by atoms with van der Waals surface area (Å²) in [4.78, 5) is 20.7. The van der Waals surface area contributed by atoms with Crippen LogP contribution in [0.15, 0.2) is 0 Å². The van der Waals surface area contributed by atoms with Crippen LogP contribution in [0, 0.1) is 0 Å². The van der Waals surface area contributed by atoms with E-state index in [4.69, 9.17) is 0 Å². The molecule has 0 aromatic heterocycles. The van der Waals surface area contributed by atoms with Crippen molar-refractivity contribution in [1.29, 1.82) is 0 Å². The molecular formula is C17H35NO2. The van der Waals surface area contributed by atoms with Gasteiger partial charge in [-0.1, -0.05) is 65.7 Å². The maximum Gasteiger partial charge on any atom is 0.207 e. The lowest BCUT2D eigenvalue weighted by Crippen LogP contribution is -2.11. The monoisotopic (exact) mass is 285 g/mol. The Morgan fingerprint density at radius 3 is 1.85 bits per heavy atom. The van der Waals surface area contributed by atoms with Crippen LogP contribution in [0.5, 0.6) is 0 Å². The molecule has 0 spiro atoms. The second-order valence-electron chi connectivity index (χ2n) is 5.19. The zero-order valence-corrected chi connectivity index (χ0v) is 13.9. The molecule has 0 aliphatic heterocycles. The summed E-state index contributed by atoms with van der Waals surface area (Å²) in [5, 5.41) is 2.58. The highest BCUT2D eigenvalue weighted by molar-refractivity contribution is 5.77. The highest BCUT2D eigenvalue weighted by atomic mass is 16.1. The number of ketones is 1. The third-order valence-electron chi connectivity index (χ3n) is 3.21. The van der Waals surface area contributed by atoms with Crippen molar-refractivity contribution in [1.82, 2.24) is 5.32 Å². The molecule has 0 bridgehead atoms. The van der Waals surface area contributed by atoms with Crippen LogP contribution in [0.3, 0.4) is 0 Å². The minimum Gasteiger partial charge on any atom is -0.359 e. The predicted octanol–water partition coefficient (Wildman–Crippen LogP) is 4.64. The first-order valence-corrected chi connectivity index (χ1v) is 8.41. The lowest BCUT2D eigenvalue weighted by Gasteiger charge is -1.98. The van der Waals surface area contributed by atoms with E-state index < -0.39 is 0 Å². The van der Waals surface area contributed by atoms with Crippen LogP contribution >= 0.6 is 0 Å². The van der Waals surface area contributed by atoms with E-state index in [0.717, 1.165) is 25.8 Å². The van der Waals surface area contributed by atoms with E-state index in [1.165, 1.54) is 38.5 Å². The zero-order chi connectivity index (χ0) is 15.5. The summed E-state index contributed by atoms with van der Waals surface area (Å²) < 4.78 is 0. The smallest absolute Gasteiger partial charge is 0.207 e. The number of unbranched alkanes of at least 4 members (excludes halogenated alkanes) is 7. The third-order valence-corrected chi connectivity index (χ3v) is 3.21. The first-order valence-electron chi connectivity index (χ1n) is 8.41. The molecule has 0 radical (unpaired) electrons. The fraction of sp³-hybridized carbons (Fsp3) is 0.882. The third kappa shape index (κ3) is 22.3. The minimum atomic E-state index is 0.332. The Balaban J connectivity index is 0. The van der Waals surface area contributed by atoms with Gasteiger partial charge in [0.25, 0.3) is 0 Å². The van der Waals surface area contributed by atoms with Crippen molar-refractivity contribution in [2.75, 3.05) is 6.54 Å². The van der Waals surface area contributed by atoms with Crippen LogP contribution in [-0.2, 0) is 9.59 Å². The van der Waals surface area contributed by atoms with E-state index in [0.29, 0.717) is 25.0 Å². The SMILES string of the molecule is CCC(=O)CCCCCNC=O.CCCCCCCC. The molecule has 0 aliphatic rings. The van der Waals surface area contributed by atoms with E-state index in [2.05, 4.69) is 19.2 Å². The molecule has 1 N–H and O–H groups in total. The molecule has 0 saturated heterocycles. The Labute approximate surface area is 125 Å². The number of nitrogens with one attached hydrogen (secondary N) is 1. The molecule has 0 aliphatic carbocycles. The highest BCUT2D eigenvalue weighted by Crippen LogP contribution is 2.03. The van der Waals surface area contributed by atoms with Crippen LogP contribution in [0.1, 0.15) is 91.4 Å². The van der Waals surface area contributed by atoms with Gasteiger partial charge >= 0.3 is 0 Å². The van der Waals surface area contributed by atoms with Crippen molar-refractivity contribution in [2.24, 2.45) is 0 Å². The molecule has 0 fully saturated rings. The summed E-state index contributed by atoms with van der Waals surface area (Å²) in [7, 11) is 0. The molecule has 0 unspecified atom stereocenters. The van der Waals surface area contributed by atoms with Gasteiger partial charge < -0.3 is 5.32 Å². The van der Waals surface area contributed by atoms with Gasteiger partial charge in [0.05, 0.1) is 0 Å². The lowest BCUT2D eigenvalue weighted by atomic mass is 10.1. The molecular weight excluding hydrogens is 250 g/mol. The first kappa shape index (κ1) is 21.4. The molecule has 0 saturated carbocycles. The van der Waals surface area contributed by atoms with Gasteiger partial charge in [-0.15, -0.1) is 0 Å². The van der Waals surface area contributed by atoms with Gasteiger partial charge in [-0.05, 0) is 12.8 Å². The van der Waals surface area contributed by atoms with Crippen molar-refractivity contribution in [3.05, 3.63) is 0 Å². The number of hydrogen-bond donors (Lipinski definition) is 1. The van der Waals surface area contributed by atoms with Crippen molar-refractivity contribution in [3.63, 3.8) is 0 Å². The summed E-state index contributed by atoms with van der Waals surface area (Å²) in [6, 6.07) is 0. The Kier molecular flexibility index (Phi) is 21.9. The molecule has 20 heavy (non-hydrogen) atoms.